The highest BCUT2D eigenvalue weighted by Crippen LogP contribution is 2.18. The molecule has 2 rings (SSSR count). The maximum absolute atomic E-state index is 11.6. The third kappa shape index (κ3) is 3.35. The molecule has 0 saturated carbocycles. The number of fused-ring (bicyclic) bond motifs is 1. The van der Waals surface area contributed by atoms with Crippen LogP contribution in [0.4, 0.5) is 0 Å². The lowest BCUT2D eigenvalue weighted by molar-refractivity contribution is -0.116. The molecule has 5 heteroatoms. The molecule has 0 radical (unpaired) electrons. The second-order valence-corrected chi connectivity index (χ2v) is 4.55. The minimum atomic E-state index is -0.115. The average Bonchev–Trinajstić information content (AvgIpc) is 2.72. The summed E-state index contributed by atoms with van der Waals surface area (Å²) in [5, 5.41) is 3.21. The molecule has 0 saturated heterocycles. The molecule has 0 fully saturated rings. The lowest BCUT2D eigenvalue weighted by Crippen LogP contribution is -2.21. The van der Waals surface area contributed by atoms with Gasteiger partial charge in [-0.15, -0.1) is 0 Å². The Bertz CT molecular complexity index is 604. The average molecular weight is 278 g/mol. The maximum Gasteiger partial charge on any atom is 0.244 e. The number of carbonyl (C=O) groups excluding carboxylic acids is 1. The lowest BCUT2D eigenvalue weighted by atomic mass is 10.3. The van der Waals surface area contributed by atoms with Gasteiger partial charge in [0, 0.05) is 18.8 Å². The molecule has 2 heterocycles. The van der Waals surface area contributed by atoms with E-state index in [0.29, 0.717) is 17.4 Å². The number of rotatable bonds is 5. The van der Waals surface area contributed by atoms with Crippen molar-refractivity contribution >= 4 is 29.2 Å². The fourth-order valence-corrected chi connectivity index (χ4v) is 1.98. The van der Waals surface area contributed by atoms with E-state index in [0.717, 1.165) is 18.5 Å². The number of halogens is 1. The van der Waals surface area contributed by atoms with Gasteiger partial charge in [0.25, 0.3) is 0 Å². The van der Waals surface area contributed by atoms with Crippen LogP contribution in [0, 0.1) is 0 Å². The number of amides is 1. The molecule has 19 heavy (non-hydrogen) atoms. The summed E-state index contributed by atoms with van der Waals surface area (Å²) in [6.07, 6.45) is 7.07. The van der Waals surface area contributed by atoms with Crippen molar-refractivity contribution in [1.82, 2.24) is 14.7 Å². The Labute approximate surface area is 117 Å². The van der Waals surface area contributed by atoms with Gasteiger partial charge in [0.1, 0.15) is 5.65 Å². The van der Waals surface area contributed by atoms with Crippen molar-refractivity contribution < 1.29 is 4.79 Å². The van der Waals surface area contributed by atoms with Gasteiger partial charge in [-0.3, -0.25) is 9.20 Å². The van der Waals surface area contributed by atoms with E-state index in [2.05, 4.69) is 17.2 Å². The highest BCUT2D eigenvalue weighted by atomic mass is 35.5. The molecule has 0 aliphatic heterocycles. The summed E-state index contributed by atoms with van der Waals surface area (Å²) in [6, 6.07) is 5.65. The molecule has 1 N–H and O–H groups in total. The highest BCUT2D eigenvalue weighted by Gasteiger charge is 2.06. The molecule has 100 valence electrons. The van der Waals surface area contributed by atoms with E-state index in [4.69, 9.17) is 11.6 Å². The van der Waals surface area contributed by atoms with Crippen LogP contribution in [0.25, 0.3) is 11.7 Å². The molecular weight excluding hydrogens is 262 g/mol. The van der Waals surface area contributed by atoms with E-state index >= 15 is 0 Å². The SMILES string of the molecule is CCCCNC(=O)C=Cc1c(Cl)nc2ccccn12. The first-order valence-corrected chi connectivity index (χ1v) is 6.68. The van der Waals surface area contributed by atoms with Gasteiger partial charge in [-0.05, 0) is 24.6 Å². The van der Waals surface area contributed by atoms with Crippen LogP contribution in [0.2, 0.25) is 5.15 Å². The second kappa shape index (κ2) is 6.38. The minimum absolute atomic E-state index is 0.115. The monoisotopic (exact) mass is 277 g/mol. The van der Waals surface area contributed by atoms with Gasteiger partial charge in [-0.2, -0.15) is 0 Å². The van der Waals surface area contributed by atoms with Crippen molar-refractivity contribution in [2.45, 2.75) is 19.8 Å². The van der Waals surface area contributed by atoms with Crippen molar-refractivity contribution in [2.75, 3.05) is 6.54 Å². The summed E-state index contributed by atoms with van der Waals surface area (Å²) in [6.45, 7) is 2.78. The molecule has 4 nitrogen and oxygen atoms in total. The topological polar surface area (TPSA) is 46.4 Å². The summed E-state index contributed by atoms with van der Waals surface area (Å²) in [5.41, 5.74) is 1.47. The second-order valence-electron chi connectivity index (χ2n) is 4.19. The standard InChI is InChI=1S/C14H16ClN3O/c1-2-3-9-16-13(19)8-7-11-14(15)17-12-6-4-5-10-18(11)12/h4-8,10H,2-3,9H2,1H3,(H,16,19). The van der Waals surface area contributed by atoms with E-state index in [1.165, 1.54) is 6.08 Å². The van der Waals surface area contributed by atoms with Crippen LogP contribution in [0.15, 0.2) is 30.5 Å². The van der Waals surface area contributed by atoms with Gasteiger partial charge < -0.3 is 5.32 Å². The van der Waals surface area contributed by atoms with Gasteiger partial charge in [0.2, 0.25) is 5.91 Å². The van der Waals surface area contributed by atoms with Gasteiger partial charge in [-0.1, -0.05) is 31.0 Å². The molecular formula is C14H16ClN3O. The first-order chi connectivity index (χ1) is 9.22. The zero-order chi connectivity index (χ0) is 13.7. The number of pyridine rings is 1. The highest BCUT2D eigenvalue weighted by molar-refractivity contribution is 6.31. The van der Waals surface area contributed by atoms with E-state index in [-0.39, 0.29) is 5.91 Å². The van der Waals surface area contributed by atoms with Crippen molar-refractivity contribution in [3.63, 3.8) is 0 Å². The Hall–Kier alpha value is -1.81. The van der Waals surface area contributed by atoms with Crippen molar-refractivity contribution in [3.8, 4) is 0 Å². The van der Waals surface area contributed by atoms with Crippen LogP contribution in [0.3, 0.4) is 0 Å². The van der Waals surface area contributed by atoms with E-state index < -0.39 is 0 Å². The molecule has 0 spiro atoms. The number of nitrogens with zero attached hydrogens (tertiary/aromatic N) is 2. The third-order valence-electron chi connectivity index (χ3n) is 2.74. The summed E-state index contributed by atoms with van der Waals surface area (Å²) in [4.78, 5) is 15.8. The number of hydrogen-bond acceptors (Lipinski definition) is 2. The first kappa shape index (κ1) is 13.6. The smallest absolute Gasteiger partial charge is 0.244 e. The Morgan fingerprint density at radius 2 is 2.37 bits per heavy atom. The summed E-state index contributed by atoms with van der Waals surface area (Å²) in [5.74, 6) is -0.115. The zero-order valence-electron chi connectivity index (χ0n) is 10.8. The molecule has 0 atom stereocenters. The predicted molar refractivity (Wildman–Crippen MR) is 77.2 cm³/mol. The molecule has 0 bridgehead atoms. The van der Waals surface area contributed by atoms with Gasteiger partial charge in [0.05, 0.1) is 5.69 Å². The molecule has 1 amide bonds. The number of unbranched alkanes of at least 4 members (excludes halogenated alkanes) is 1. The first-order valence-electron chi connectivity index (χ1n) is 6.31. The van der Waals surface area contributed by atoms with Crippen LogP contribution < -0.4 is 5.32 Å². The Morgan fingerprint density at radius 1 is 1.53 bits per heavy atom. The van der Waals surface area contributed by atoms with Crippen molar-refractivity contribution in [1.29, 1.82) is 0 Å². The molecule has 0 aliphatic rings. The minimum Gasteiger partial charge on any atom is -0.353 e. The number of imidazole rings is 1. The van der Waals surface area contributed by atoms with E-state index in [1.807, 2.05) is 28.8 Å². The van der Waals surface area contributed by atoms with Crippen LogP contribution >= 0.6 is 11.6 Å². The van der Waals surface area contributed by atoms with E-state index in [1.54, 1.807) is 6.08 Å². The van der Waals surface area contributed by atoms with Gasteiger partial charge in [0.15, 0.2) is 5.15 Å². The fraction of sp³-hybridized carbons (Fsp3) is 0.286. The normalized spacial score (nSPS) is 11.3. The zero-order valence-corrected chi connectivity index (χ0v) is 11.5. The number of nitrogens with one attached hydrogen (secondary N) is 1. The van der Waals surface area contributed by atoms with E-state index in [9.17, 15) is 4.79 Å². The summed E-state index contributed by atoms with van der Waals surface area (Å²) >= 11 is 6.06. The van der Waals surface area contributed by atoms with Crippen LogP contribution in [-0.2, 0) is 4.79 Å². The van der Waals surface area contributed by atoms with Crippen molar-refractivity contribution in [2.24, 2.45) is 0 Å². The summed E-state index contributed by atoms with van der Waals surface area (Å²) < 4.78 is 1.85. The number of aromatic nitrogens is 2. The fourth-order valence-electron chi connectivity index (χ4n) is 1.74. The molecule has 0 unspecified atom stereocenters. The Morgan fingerprint density at radius 3 is 3.16 bits per heavy atom. The van der Waals surface area contributed by atoms with Crippen molar-refractivity contribution in [3.05, 3.63) is 41.3 Å². The molecule has 0 aromatic carbocycles. The Balaban J connectivity index is 2.12. The summed E-state index contributed by atoms with van der Waals surface area (Å²) in [7, 11) is 0. The molecule has 2 aromatic heterocycles. The largest absolute Gasteiger partial charge is 0.353 e. The molecule has 0 aliphatic carbocycles. The quantitative estimate of drug-likeness (QED) is 0.675. The van der Waals surface area contributed by atoms with Gasteiger partial charge >= 0.3 is 0 Å². The van der Waals surface area contributed by atoms with Gasteiger partial charge in [-0.25, -0.2) is 4.98 Å². The maximum atomic E-state index is 11.6. The van der Waals surface area contributed by atoms with Crippen LogP contribution in [-0.4, -0.2) is 21.8 Å². The van der Waals surface area contributed by atoms with Crippen LogP contribution in [0.5, 0.6) is 0 Å². The number of hydrogen-bond donors (Lipinski definition) is 1. The Kier molecular flexibility index (Phi) is 4.58. The van der Waals surface area contributed by atoms with Crippen LogP contribution in [0.1, 0.15) is 25.5 Å². The lowest BCUT2D eigenvalue weighted by Gasteiger charge is -1.99. The predicted octanol–water partition coefficient (Wildman–Crippen LogP) is 2.92. The number of carbonyl (C=O) groups is 1. The molecule has 2 aromatic rings. The third-order valence-corrected chi connectivity index (χ3v) is 3.02.